The normalized spacial score (nSPS) is 10.9. The molecule has 0 aliphatic carbocycles. The maximum atomic E-state index is 12.6. The van der Waals surface area contributed by atoms with Gasteiger partial charge in [-0.3, -0.25) is 9.78 Å². The molecule has 2 aromatic carbocycles. The zero-order valence-corrected chi connectivity index (χ0v) is 18.7. The van der Waals surface area contributed by atoms with E-state index < -0.39 is 0 Å². The fraction of sp³-hybridized carbons (Fsp3) is 0.0714. The van der Waals surface area contributed by atoms with Crippen molar-refractivity contribution in [2.45, 2.75) is 13.1 Å². The van der Waals surface area contributed by atoms with E-state index in [1.807, 2.05) is 30.5 Å². The molecule has 0 saturated heterocycles. The summed E-state index contributed by atoms with van der Waals surface area (Å²) in [4.78, 5) is 23.5. The van der Waals surface area contributed by atoms with Gasteiger partial charge in [0.05, 0.1) is 18.2 Å². The van der Waals surface area contributed by atoms with Crippen LogP contribution >= 0.6 is 0 Å². The number of H-pyrrole nitrogens is 2. The minimum Gasteiger partial charge on any atom is -0.354 e. The van der Waals surface area contributed by atoms with Gasteiger partial charge in [0.2, 0.25) is 16.9 Å². The number of aromatic amines is 2. The van der Waals surface area contributed by atoms with Crippen LogP contribution in [-0.4, -0.2) is 10.9 Å². The maximum Gasteiger partial charge on any atom is 0.251 e. The number of benzene rings is 2. The van der Waals surface area contributed by atoms with Gasteiger partial charge in [-0.15, -0.1) is 0 Å². The molecular weight excluding hydrogens is 422 g/mol. The molecule has 0 bridgehead atoms. The van der Waals surface area contributed by atoms with Gasteiger partial charge >= 0.3 is 0 Å². The Kier molecular flexibility index (Phi) is 6.05. The Bertz CT molecular complexity index is 1440. The summed E-state index contributed by atoms with van der Waals surface area (Å²) in [6, 6.07) is 26.5. The van der Waals surface area contributed by atoms with Crippen LogP contribution in [0, 0.1) is 0 Å². The van der Waals surface area contributed by atoms with Crippen molar-refractivity contribution in [2.24, 2.45) is 0 Å². The summed E-state index contributed by atoms with van der Waals surface area (Å²) < 4.78 is 0. The Morgan fingerprint density at radius 1 is 0.912 bits per heavy atom. The Hall–Kier alpha value is -4.42. The molecule has 6 heteroatoms. The summed E-state index contributed by atoms with van der Waals surface area (Å²) in [5, 5.41) is 4.03. The number of carbonyl (C=O) groups excluding carboxylic acids is 1. The molecule has 0 saturated carbocycles. The van der Waals surface area contributed by atoms with Crippen molar-refractivity contribution < 1.29 is 20.5 Å². The minimum atomic E-state index is -0.137. The molecule has 3 aromatic heterocycles. The highest BCUT2D eigenvalue weighted by Crippen LogP contribution is 2.31. The zero-order valence-electron chi connectivity index (χ0n) is 18.7. The molecular formula is C28H26N5O+3. The van der Waals surface area contributed by atoms with E-state index in [9.17, 15) is 4.79 Å². The average Bonchev–Trinajstić information content (AvgIpc) is 2.92. The van der Waals surface area contributed by atoms with Gasteiger partial charge in [-0.1, -0.05) is 42.5 Å². The van der Waals surface area contributed by atoms with Gasteiger partial charge in [0.1, 0.15) is 11.9 Å². The van der Waals surface area contributed by atoms with Gasteiger partial charge in [0, 0.05) is 29.1 Å². The van der Waals surface area contributed by atoms with E-state index in [0.29, 0.717) is 12.1 Å². The number of rotatable bonds is 6. The quantitative estimate of drug-likeness (QED) is 0.418. The number of quaternary nitrogens is 1. The second kappa shape index (κ2) is 9.60. The number of hydrogen-bond donors (Lipinski definition) is 2. The van der Waals surface area contributed by atoms with Crippen molar-refractivity contribution in [3.05, 3.63) is 114 Å². The summed E-state index contributed by atoms with van der Waals surface area (Å²) in [7, 11) is 0. The number of nitrogens with one attached hydrogen (secondary N) is 3. The minimum absolute atomic E-state index is 0.137. The van der Waals surface area contributed by atoms with Crippen molar-refractivity contribution in [1.29, 1.82) is 0 Å². The number of carbonyl (C=O) groups is 1. The Labute approximate surface area is 197 Å². The van der Waals surface area contributed by atoms with Crippen LogP contribution in [0.4, 0.5) is 0 Å². The van der Waals surface area contributed by atoms with Gasteiger partial charge in [0.25, 0.3) is 5.91 Å². The van der Waals surface area contributed by atoms with Gasteiger partial charge in [-0.25, -0.2) is 9.97 Å². The van der Waals surface area contributed by atoms with Crippen LogP contribution in [0.25, 0.3) is 33.3 Å². The molecule has 0 atom stereocenters. The fourth-order valence-electron chi connectivity index (χ4n) is 4.08. The van der Waals surface area contributed by atoms with E-state index in [2.05, 4.69) is 68.5 Å². The van der Waals surface area contributed by atoms with Crippen LogP contribution < -0.4 is 21.0 Å². The van der Waals surface area contributed by atoms with E-state index in [4.69, 9.17) is 0 Å². The number of amides is 1. The van der Waals surface area contributed by atoms with Gasteiger partial charge in [-0.05, 0) is 35.9 Å². The predicted octanol–water partition coefficient (Wildman–Crippen LogP) is 2.87. The van der Waals surface area contributed by atoms with E-state index in [1.165, 1.54) is 5.56 Å². The monoisotopic (exact) mass is 448 g/mol. The van der Waals surface area contributed by atoms with Gasteiger partial charge < -0.3 is 11.1 Å². The van der Waals surface area contributed by atoms with Crippen molar-refractivity contribution in [3.63, 3.8) is 0 Å². The third-order valence-corrected chi connectivity index (χ3v) is 5.92. The molecule has 166 valence electrons. The summed E-state index contributed by atoms with van der Waals surface area (Å²) in [5.74, 6) is -0.137. The Morgan fingerprint density at radius 2 is 1.68 bits per heavy atom. The van der Waals surface area contributed by atoms with Crippen molar-refractivity contribution in [3.8, 4) is 22.4 Å². The fourth-order valence-corrected chi connectivity index (χ4v) is 4.08. The van der Waals surface area contributed by atoms with Crippen molar-refractivity contribution in [1.82, 2.24) is 10.3 Å². The number of hydrogen-bond acceptors (Lipinski definition) is 2. The number of fused-ring (bicyclic) bond motifs is 1. The molecule has 0 spiro atoms. The summed E-state index contributed by atoms with van der Waals surface area (Å²) in [6.07, 6.45) is 5.13. The van der Waals surface area contributed by atoms with Crippen LogP contribution in [0.1, 0.15) is 21.6 Å². The molecule has 6 N–H and O–H groups in total. The van der Waals surface area contributed by atoms with Crippen LogP contribution in [0.15, 0.2) is 97.5 Å². The van der Waals surface area contributed by atoms with E-state index in [0.717, 1.165) is 45.5 Å². The Balaban J connectivity index is 1.58. The van der Waals surface area contributed by atoms with Gasteiger partial charge in [0.15, 0.2) is 6.20 Å². The van der Waals surface area contributed by atoms with Crippen LogP contribution in [-0.2, 0) is 13.1 Å². The topological polar surface area (TPSA) is 97.9 Å². The third-order valence-electron chi connectivity index (χ3n) is 5.92. The highest BCUT2D eigenvalue weighted by Gasteiger charge is 2.21. The first-order valence-electron chi connectivity index (χ1n) is 11.2. The summed E-state index contributed by atoms with van der Waals surface area (Å²) >= 11 is 0. The first kappa shape index (κ1) is 21.4. The molecule has 3 heterocycles. The van der Waals surface area contributed by atoms with Crippen LogP contribution in [0.5, 0.6) is 0 Å². The van der Waals surface area contributed by atoms with E-state index in [1.54, 1.807) is 24.5 Å². The number of aromatic nitrogens is 3. The van der Waals surface area contributed by atoms with Crippen LogP contribution in [0.3, 0.4) is 0 Å². The highest BCUT2D eigenvalue weighted by molar-refractivity contribution is 5.94. The lowest BCUT2D eigenvalue weighted by Gasteiger charge is -2.08. The molecule has 0 radical (unpaired) electrons. The van der Waals surface area contributed by atoms with Crippen LogP contribution in [0.2, 0.25) is 0 Å². The lowest BCUT2D eigenvalue weighted by Crippen LogP contribution is -2.47. The molecule has 34 heavy (non-hydrogen) atoms. The lowest BCUT2D eigenvalue weighted by atomic mass is 9.96. The number of nitrogens with zero attached hydrogens (tertiary/aromatic N) is 1. The molecule has 0 aliphatic rings. The largest absolute Gasteiger partial charge is 0.354 e. The van der Waals surface area contributed by atoms with Gasteiger partial charge in [-0.2, -0.15) is 0 Å². The summed E-state index contributed by atoms with van der Waals surface area (Å²) in [5.41, 5.74) is 12.0. The molecule has 0 unspecified atom stereocenters. The molecule has 0 aliphatic heterocycles. The second-order valence-electron chi connectivity index (χ2n) is 8.07. The SMILES string of the molecule is [NH3+]Cc1ccc(-c2[nH+]c3cc[nH+]c(CNC(=O)c4ccncc4)c3cc2-c2ccccc2)cc1. The number of pyridine rings is 3. The molecule has 1 amide bonds. The Morgan fingerprint density at radius 3 is 2.41 bits per heavy atom. The molecule has 0 fully saturated rings. The highest BCUT2D eigenvalue weighted by atomic mass is 16.1. The molecule has 6 nitrogen and oxygen atoms in total. The predicted molar refractivity (Wildman–Crippen MR) is 130 cm³/mol. The first-order valence-corrected chi connectivity index (χ1v) is 11.2. The molecule has 5 rings (SSSR count). The smallest absolute Gasteiger partial charge is 0.251 e. The van der Waals surface area contributed by atoms with E-state index >= 15 is 0 Å². The summed E-state index contributed by atoms with van der Waals surface area (Å²) in [6.45, 7) is 1.13. The van der Waals surface area contributed by atoms with Crippen molar-refractivity contribution >= 4 is 16.8 Å². The lowest BCUT2D eigenvalue weighted by molar-refractivity contribution is -0.391. The van der Waals surface area contributed by atoms with Crippen molar-refractivity contribution in [2.75, 3.05) is 0 Å². The second-order valence-corrected chi connectivity index (χ2v) is 8.07. The van der Waals surface area contributed by atoms with E-state index in [-0.39, 0.29) is 5.91 Å². The third kappa shape index (κ3) is 4.40. The standard InChI is InChI=1S/C28H23N5O/c29-17-19-6-8-21(9-7-19)27-23(20-4-2-1-3-5-20)16-24-25(33-27)12-15-31-26(24)18-32-28(34)22-10-13-30-14-11-22/h1-16H,17-18,29H2,(H,32,34)/p+3. The molecule has 5 aromatic rings. The first-order chi connectivity index (χ1) is 16.7. The zero-order chi connectivity index (χ0) is 23.3. The maximum absolute atomic E-state index is 12.6. The average molecular weight is 449 g/mol.